The van der Waals surface area contributed by atoms with Gasteiger partial charge in [0.15, 0.2) is 0 Å². The molecule has 2 aliphatic heterocycles. The molecule has 11 heteroatoms. The molecule has 31 heavy (non-hydrogen) atoms. The van der Waals surface area contributed by atoms with Crippen LogP contribution in [0.5, 0.6) is 0 Å². The summed E-state index contributed by atoms with van der Waals surface area (Å²) in [5, 5.41) is 12.6. The van der Waals surface area contributed by atoms with Crippen molar-refractivity contribution in [1.29, 1.82) is 0 Å². The number of sulfonamides is 1. The van der Waals surface area contributed by atoms with Gasteiger partial charge in [0.25, 0.3) is 0 Å². The first kappa shape index (κ1) is 24.0. The molecular formula is C20H30FN3O6S. The summed E-state index contributed by atoms with van der Waals surface area (Å²) in [5.74, 6) is -0.575. The van der Waals surface area contributed by atoms with Gasteiger partial charge >= 0.3 is 0 Å². The minimum atomic E-state index is -3.86. The van der Waals surface area contributed by atoms with Crippen LogP contribution in [0, 0.1) is 5.82 Å². The number of ether oxygens (including phenoxy) is 2. The Morgan fingerprint density at radius 3 is 2.58 bits per heavy atom. The molecule has 2 fully saturated rings. The highest BCUT2D eigenvalue weighted by Crippen LogP contribution is 2.23. The Kier molecular flexibility index (Phi) is 8.76. The van der Waals surface area contributed by atoms with Gasteiger partial charge < -0.3 is 19.9 Å². The van der Waals surface area contributed by atoms with E-state index in [2.05, 4.69) is 10.0 Å². The lowest BCUT2D eigenvalue weighted by molar-refractivity contribution is -0.123. The fourth-order valence-electron chi connectivity index (χ4n) is 3.75. The third-order valence-corrected chi connectivity index (χ3v) is 6.99. The molecule has 1 aromatic carbocycles. The largest absolute Gasteiger partial charge is 0.394 e. The zero-order valence-corrected chi connectivity index (χ0v) is 18.2. The SMILES string of the molecule is O=C(CN1CCOCC1)NCC[C@@H]1CC[C@@H](NS(=O)(=O)c2ccc(F)cc2)[C@@H](CO)O1. The van der Waals surface area contributed by atoms with Crippen molar-refractivity contribution in [3.05, 3.63) is 30.1 Å². The van der Waals surface area contributed by atoms with Gasteiger partial charge in [0, 0.05) is 19.6 Å². The minimum Gasteiger partial charge on any atom is -0.394 e. The second-order valence-corrected chi connectivity index (χ2v) is 9.48. The van der Waals surface area contributed by atoms with E-state index in [0.29, 0.717) is 45.6 Å². The smallest absolute Gasteiger partial charge is 0.240 e. The van der Waals surface area contributed by atoms with Gasteiger partial charge in [-0.15, -0.1) is 0 Å². The van der Waals surface area contributed by atoms with E-state index >= 15 is 0 Å². The number of aliphatic hydroxyl groups excluding tert-OH is 1. The first-order valence-corrected chi connectivity index (χ1v) is 12.0. The molecule has 1 amide bonds. The number of hydrogen-bond donors (Lipinski definition) is 3. The van der Waals surface area contributed by atoms with Crippen LogP contribution >= 0.6 is 0 Å². The third kappa shape index (κ3) is 7.19. The lowest BCUT2D eigenvalue weighted by Crippen LogP contribution is -2.51. The molecule has 0 unspecified atom stereocenters. The Morgan fingerprint density at radius 2 is 1.90 bits per heavy atom. The van der Waals surface area contributed by atoms with Gasteiger partial charge in [-0.05, 0) is 43.5 Å². The number of benzene rings is 1. The van der Waals surface area contributed by atoms with Crippen molar-refractivity contribution in [2.45, 2.75) is 42.4 Å². The number of nitrogens with one attached hydrogen (secondary N) is 2. The van der Waals surface area contributed by atoms with Gasteiger partial charge in [-0.25, -0.2) is 17.5 Å². The predicted octanol–water partition coefficient (Wildman–Crippen LogP) is -0.149. The average Bonchev–Trinajstić information content (AvgIpc) is 2.75. The Bertz CT molecular complexity index is 817. The molecule has 2 saturated heterocycles. The third-order valence-electron chi connectivity index (χ3n) is 5.49. The van der Waals surface area contributed by atoms with Crippen LogP contribution < -0.4 is 10.0 Å². The van der Waals surface area contributed by atoms with Crippen LogP contribution in [0.4, 0.5) is 4.39 Å². The molecule has 0 saturated carbocycles. The van der Waals surface area contributed by atoms with Gasteiger partial charge in [0.05, 0.1) is 49.5 Å². The van der Waals surface area contributed by atoms with E-state index in [9.17, 15) is 22.7 Å². The molecule has 0 radical (unpaired) electrons. The van der Waals surface area contributed by atoms with Gasteiger partial charge in [0.2, 0.25) is 15.9 Å². The van der Waals surface area contributed by atoms with E-state index in [1.807, 2.05) is 4.90 Å². The Hall–Kier alpha value is -1.63. The topological polar surface area (TPSA) is 117 Å². The van der Waals surface area contributed by atoms with Gasteiger partial charge in [-0.3, -0.25) is 9.69 Å². The van der Waals surface area contributed by atoms with E-state index in [-0.39, 0.29) is 23.5 Å². The molecule has 0 aromatic heterocycles. The minimum absolute atomic E-state index is 0.0457. The number of rotatable bonds is 9. The molecule has 3 atom stereocenters. The molecule has 0 bridgehead atoms. The Balaban J connectivity index is 1.43. The number of halogens is 1. The first-order chi connectivity index (χ1) is 14.9. The van der Waals surface area contributed by atoms with Crippen LogP contribution in [0.25, 0.3) is 0 Å². The highest BCUT2D eigenvalue weighted by Gasteiger charge is 2.33. The monoisotopic (exact) mass is 459 g/mol. The van der Waals surface area contributed by atoms with Crippen molar-refractivity contribution in [1.82, 2.24) is 14.9 Å². The number of amides is 1. The number of hydrogen-bond acceptors (Lipinski definition) is 7. The maximum atomic E-state index is 13.1. The molecule has 3 N–H and O–H groups in total. The van der Waals surface area contributed by atoms with Gasteiger partial charge in [-0.1, -0.05) is 0 Å². The maximum absolute atomic E-state index is 13.1. The van der Waals surface area contributed by atoms with E-state index in [1.165, 1.54) is 12.1 Å². The van der Waals surface area contributed by atoms with E-state index in [4.69, 9.17) is 9.47 Å². The first-order valence-electron chi connectivity index (χ1n) is 10.5. The summed E-state index contributed by atoms with van der Waals surface area (Å²) in [4.78, 5) is 14.1. The van der Waals surface area contributed by atoms with Crippen molar-refractivity contribution in [2.75, 3.05) is 46.0 Å². The number of carbonyl (C=O) groups is 1. The van der Waals surface area contributed by atoms with Crippen molar-refractivity contribution in [3.63, 3.8) is 0 Å². The van der Waals surface area contributed by atoms with Crippen LogP contribution in [0.1, 0.15) is 19.3 Å². The predicted molar refractivity (Wildman–Crippen MR) is 110 cm³/mol. The van der Waals surface area contributed by atoms with Crippen molar-refractivity contribution in [2.24, 2.45) is 0 Å². The fourth-order valence-corrected chi connectivity index (χ4v) is 5.05. The highest BCUT2D eigenvalue weighted by atomic mass is 32.2. The fraction of sp³-hybridized carbons (Fsp3) is 0.650. The quantitative estimate of drug-likeness (QED) is 0.470. The van der Waals surface area contributed by atoms with Crippen molar-refractivity contribution >= 4 is 15.9 Å². The summed E-state index contributed by atoms with van der Waals surface area (Å²) < 4.78 is 51.8. The maximum Gasteiger partial charge on any atom is 0.240 e. The lowest BCUT2D eigenvalue weighted by atomic mass is 9.98. The normalized spacial score (nSPS) is 25.3. The molecule has 2 heterocycles. The number of aliphatic hydroxyl groups is 1. The molecule has 9 nitrogen and oxygen atoms in total. The van der Waals surface area contributed by atoms with E-state index in [1.54, 1.807) is 0 Å². The summed E-state index contributed by atoms with van der Waals surface area (Å²) in [6.45, 7) is 3.20. The van der Waals surface area contributed by atoms with E-state index in [0.717, 1.165) is 25.2 Å². The van der Waals surface area contributed by atoms with Crippen molar-refractivity contribution < 1.29 is 32.2 Å². The zero-order chi connectivity index (χ0) is 22.3. The molecule has 174 valence electrons. The standard InChI is InChI=1S/C20H30FN3O6S/c21-15-1-4-17(5-2-15)31(27,28)23-18-6-3-16(30-19(18)14-25)7-8-22-20(26)13-24-9-11-29-12-10-24/h1-2,4-5,16,18-19,23,25H,3,6-14H2,(H,22,26)/t16-,18+,19+/m0/s1. The van der Waals surface area contributed by atoms with Gasteiger partial charge in [0.1, 0.15) is 5.82 Å². The lowest BCUT2D eigenvalue weighted by Gasteiger charge is -2.36. The Labute approximate surface area is 181 Å². The zero-order valence-electron chi connectivity index (χ0n) is 17.3. The van der Waals surface area contributed by atoms with Crippen LogP contribution in [0.3, 0.4) is 0 Å². The summed E-state index contributed by atoms with van der Waals surface area (Å²) in [6, 6.07) is 3.96. The average molecular weight is 460 g/mol. The Morgan fingerprint density at radius 1 is 1.19 bits per heavy atom. The van der Waals surface area contributed by atoms with E-state index < -0.39 is 28.0 Å². The molecular weight excluding hydrogens is 429 g/mol. The van der Waals surface area contributed by atoms with Crippen LogP contribution in [-0.4, -0.2) is 88.6 Å². The van der Waals surface area contributed by atoms with Crippen LogP contribution in [0.2, 0.25) is 0 Å². The second kappa shape index (κ2) is 11.3. The summed E-state index contributed by atoms with van der Waals surface area (Å²) in [7, 11) is -3.86. The summed E-state index contributed by atoms with van der Waals surface area (Å²) >= 11 is 0. The number of carbonyl (C=O) groups excluding carboxylic acids is 1. The molecule has 1 aromatic rings. The number of nitrogens with zero attached hydrogens (tertiary/aromatic N) is 1. The van der Waals surface area contributed by atoms with Gasteiger partial charge in [-0.2, -0.15) is 0 Å². The summed E-state index contributed by atoms with van der Waals surface area (Å²) in [5.41, 5.74) is 0. The second-order valence-electron chi connectivity index (χ2n) is 7.77. The van der Waals surface area contributed by atoms with Crippen molar-refractivity contribution in [3.8, 4) is 0 Å². The molecule has 0 spiro atoms. The number of morpholine rings is 1. The van der Waals surface area contributed by atoms with Crippen LogP contribution in [0.15, 0.2) is 29.2 Å². The molecule has 0 aliphatic carbocycles. The molecule has 2 aliphatic rings. The summed E-state index contributed by atoms with van der Waals surface area (Å²) in [6.07, 6.45) is 0.762. The molecule has 3 rings (SSSR count). The highest BCUT2D eigenvalue weighted by molar-refractivity contribution is 7.89. The van der Waals surface area contributed by atoms with Crippen LogP contribution in [-0.2, 0) is 24.3 Å².